The van der Waals surface area contributed by atoms with Crippen LogP contribution < -0.4 is 10.2 Å². The molecular weight excluding hydrogens is 751 g/mol. The summed E-state index contributed by atoms with van der Waals surface area (Å²) in [7, 11) is 0. The third-order valence-corrected chi connectivity index (χ3v) is 15.2. The summed E-state index contributed by atoms with van der Waals surface area (Å²) in [6.07, 6.45) is 13.7. The van der Waals surface area contributed by atoms with Gasteiger partial charge in [-0.1, -0.05) is 161 Å². The van der Waals surface area contributed by atoms with E-state index in [0.29, 0.717) is 17.9 Å². The van der Waals surface area contributed by atoms with E-state index in [1.807, 2.05) is 12.1 Å². The molecule has 2 saturated carbocycles. The third kappa shape index (κ3) is 7.03. The van der Waals surface area contributed by atoms with E-state index < -0.39 is 0 Å². The number of anilines is 3. The van der Waals surface area contributed by atoms with Crippen LogP contribution in [-0.2, 0) is 6.42 Å². The second-order valence-electron chi connectivity index (χ2n) is 18.8. The normalized spacial score (nSPS) is 18.2. The summed E-state index contributed by atoms with van der Waals surface area (Å²) in [5.41, 5.74) is 12.8. The smallest absolute Gasteiger partial charge is 0.0994 e. The maximum absolute atomic E-state index is 10.5. The standard InChI is InChI=1S/C59H57N3/c1-39(51(34-40-18-6-2-7-19-40)45-27-15-14-24-43(45)37-60)52-35-53(41-20-8-3-9-21-41)47-32-33-50-57(36-54(42-22-10-4-11-23-42)48-31-30-46(52)58(47)59(48)50)62(44-25-12-5-13-26-44)56-29-17-16-28-49(56)55-38-61-55/h2,5-7,12-19,24-33,35-36,39,41-42,51,55,61H,3-4,8-11,20-23,34,38H2,1H3. The molecule has 8 aromatic rings. The van der Waals surface area contributed by atoms with Gasteiger partial charge >= 0.3 is 0 Å². The monoisotopic (exact) mass is 807 g/mol. The van der Waals surface area contributed by atoms with E-state index in [0.717, 1.165) is 24.1 Å². The lowest BCUT2D eigenvalue weighted by Crippen LogP contribution is -2.16. The Bertz CT molecular complexity index is 2890. The average molecular weight is 808 g/mol. The number of hydrogen-bond donors (Lipinski definition) is 1. The fourth-order valence-corrected chi connectivity index (χ4v) is 11.9. The molecule has 3 atom stereocenters. The van der Waals surface area contributed by atoms with Gasteiger partial charge in [-0.3, -0.25) is 0 Å². The number of rotatable bonds is 11. The second kappa shape index (κ2) is 16.7. The molecule has 0 spiro atoms. The topological polar surface area (TPSA) is 49.0 Å². The van der Waals surface area contributed by atoms with Gasteiger partial charge in [0.1, 0.15) is 0 Å². The Kier molecular flexibility index (Phi) is 10.5. The molecule has 3 fully saturated rings. The van der Waals surface area contributed by atoms with E-state index in [2.05, 4.69) is 157 Å². The molecule has 0 aromatic heterocycles. The van der Waals surface area contributed by atoms with Gasteiger partial charge < -0.3 is 10.2 Å². The highest BCUT2D eigenvalue weighted by Gasteiger charge is 2.33. The molecule has 0 radical (unpaired) electrons. The van der Waals surface area contributed by atoms with Crippen molar-refractivity contribution < 1.29 is 0 Å². The molecule has 11 rings (SSSR count). The van der Waals surface area contributed by atoms with Crippen LogP contribution in [0.15, 0.2) is 146 Å². The Morgan fingerprint density at radius 3 is 1.81 bits per heavy atom. The van der Waals surface area contributed by atoms with E-state index >= 15 is 0 Å². The lowest BCUT2D eigenvalue weighted by atomic mass is 9.72. The molecule has 3 aliphatic rings. The van der Waals surface area contributed by atoms with Gasteiger partial charge in [0.05, 0.1) is 23.0 Å². The zero-order valence-corrected chi connectivity index (χ0v) is 36.1. The van der Waals surface area contributed by atoms with Crippen molar-refractivity contribution >= 4 is 49.4 Å². The van der Waals surface area contributed by atoms with Crippen LogP contribution >= 0.6 is 0 Å². The number of hydrogen-bond acceptors (Lipinski definition) is 3. The van der Waals surface area contributed by atoms with Gasteiger partial charge in [0.15, 0.2) is 0 Å². The van der Waals surface area contributed by atoms with Crippen LogP contribution in [0.2, 0.25) is 0 Å². The maximum Gasteiger partial charge on any atom is 0.0994 e. The molecule has 0 amide bonds. The van der Waals surface area contributed by atoms with E-state index in [1.165, 1.54) is 141 Å². The highest BCUT2D eigenvalue weighted by molar-refractivity contribution is 6.27. The van der Waals surface area contributed by atoms with Crippen LogP contribution in [0, 0.1) is 11.3 Å². The average Bonchev–Trinajstić information content (AvgIpc) is 4.20. The Balaban J connectivity index is 1.22. The molecule has 1 saturated heterocycles. The molecule has 1 heterocycles. The van der Waals surface area contributed by atoms with Crippen molar-refractivity contribution in [2.75, 3.05) is 11.4 Å². The second-order valence-corrected chi connectivity index (χ2v) is 18.8. The number of para-hydroxylation sites is 2. The van der Waals surface area contributed by atoms with Gasteiger partial charge in [-0.25, -0.2) is 0 Å². The van der Waals surface area contributed by atoms with Crippen molar-refractivity contribution in [1.29, 1.82) is 5.26 Å². The maximum atomic E-state index is 10.5. The van der Waals surface area contributed by atoms with Gasteiger partial charge in [0.25, 0.3) is 0 Å². The van der Waals surface area contributed by atoms with Crippen LogP contribution in [0.3, 0.4) is 0 Å². The number of nitrogens with zero attached hydrogens (tertiary/aromatic N) is 2. The third-order valence-electron chi connectivity index (χ3n) is 15.2. The lowest BCUT2D eigenvalue weighted by molar-refractivity contribution is 0.445. The molecule has 3 heteroatoms. The molecule has 8 aromatic carbocycles. The minimum atomic E-state index is 0.125. The number of benzene rings is 8. The fourth-order valence-electron chi connectivity index (χ4n) is 11.9. The Hall–Kier alpha value is -5.95. The number of nitriles is 1. The molecule has 1 aliphatic heterocycles. The fraction of sp³-hybridized carbons (Fsp3) is 0.305. The molecule has 1 N–H and O–H groups in total. The number of nitrogens with one attached hydrogen (secondary N) is 1. The van der Waals surface area contributed by atoms with Gasteiger partial charge in [0, 0.05) is 23.7 Å². The molecule has 0 bridgehead atoms. The predicted octanol–water partition coefficient (Wildman–Crippen LogP) is 15.8. The zero-order chi connectivity index (χ0) is 41.6. The molecule has 2 aliphatic carbocycles. The van der Waals surface area contributed by atoms with Crippen LogP contribution in [0.25, 0.3) is 32.3 Å². The van der Waals surface area contributed by atoms with Crippen molar-refractivity contribution in [1.82, 2.24) is 5.32 Å². The minimum Gasteiger partial charge on any atom is -0.310 e. The Morgan fingerprint density at radius 1 is 0.565 bits per heavy atom. The predicted molar refractivity (Wildman–Crippen MR) is 260 cm³/mol. The van der Waals surface area contributed by atoms with Crippen LogP contribution in [0.1, 0.15) is 140 Å². The van der Waals surface area contributed by atoms with Gasteiger partial charge in [0.2, 0.25) is 0 Å². The van der Waals surface area contributed by atoms with Crippen LogP contribution in [0.4, 0.5) is 17.1 Å². The summed E-state index contributed by atoms with van der Waals surface area (Å²) >= 11 is 0. The van der Waals surface area contributed by atoms with Crippen LogP contribution in [-0.4, -0.2) is 6.54 Å². The van der Waals surface area contributed by atoms with Gasteiger partial charge in [-0.05, 0) is 146 Å². The largest absolute Gasteiger partial charge is 0.310 e. The summed E-state index contributed by atoms with van der Waals surface area (Å²) in [6.45, 7) is 3.47. The lowest BCUT2D eigenvalue weighted by Gasteiger charge is -2.33. The SMILES string of the molecule is CC(c1cc(C2CCCCC2)c2ccc3c(N(c4ccccc4)c4ccccc4C4CN4)cc(C4CCCCC4)c4ccc1c2c43)C(Cc1ccccc1)c1ccccc1C#N. The molecular formula is C59H57N3. The van der Waals surface area contributed by atoms with E-state index in [9.17, 15) is 5.26 Å². The molecule has 308 valence electrons. The Morgan fingerprint density at radius 2 is 1.13 bits per heavy atom. The van der Waals surface area contributed by atoms with Gasteiger partial charge in [-0.2, -0.15) is 5.26 Å². The molecule has 62 heavy (non-hydrogen) atoms. The van der Waals surface area contributed by atoms with E-state index in [1.54, 1.807) is 0 Å². The van der Waals surface area contributed by atoms with Crippen molar-refractivity contribution in [3.05, 3.63) is 185 Å². The summed E-state index contributed by atoms with van der Waals surface area (Å²) < 4.78 is 0. The first-order valence-electron chi connectivity index (χ1n) is 23.6. The summed E-state index contributed by atoms with van der Waals surface area (Å²) in [4.78, 5) is 2.59. The van der Waals surface area contributed by atoms with Crippen LogP contribution in [0.5, 0.6) is 0 Å². The van der Waals surface area contributed by atoms with Crippen molar-refractivity contribution in [2.45, 2.75) is 107 Å². The first kappa shape index (κ1) is 38.9. The first-order chi connectivity index (χ1) is 30.7. The molecule has 3 unspecified atom stereocenters. The van der Waals surface area contributed by atoms with E-state index in [4.69, 9.17) is 0 Å². The first-order valence-corrected chi connectivity index (χ1v) is 23.6. The summed E-state index contributed by atoms with van der Waals surface area (Å²) in [5.74, 6) is 1.35. The summed E-state index contributed by atoms with van der Waals surface area (Å²) in [6, 6.07) is 57.8. The van der Waals surface area contributed by atoms with Crippen molar-refractivity contribution in [3.63, 3.8) is 0 Å². The van der Waals surface area contributed by atoms with Gasteiger partial charge in [-0.15, -0.1) is 0 Å². The quantitative estimate of drug-likeness (QED) is 0.105. The van der Waals surface area contributed by atoms with Crippen molar-refractivity contribution in [2.24, 2.45) is 0 Å². The minimum absolute atomic E-state index is 0.125. The Labute approximate surface area is 367 Å². The molecule has 3 nitrogen and oxygen atoms in total. The highest BCUT2D eigenvalue weighted by atomic mass is 15.2. The summed E-state index contributed by atoms with van der Waals surface area (Å²) in [5, 5.41) is 22.6. The van der Waals surface area contributed by atoms with Crippen molar-refractivity contribution in [3.8, 4) is 6.07 Å². The highest BCUT2D eigenvalue weighted by Crippen LogP contribution is 2.53. The zero-order valence-electron chi connectivity index (χ0n) is 36.1. The van der Waals surface area contributed by atoms with E-state index in [-0.39, 0.29) is 11.8 Å².